The lowest BCUT2D eigenvalue weighted by Gasteiger charge is -2.49. The van der Waals surface area contributed by atoms with Gasteiger partial charge in [0, 0.05) is 42.0 Å². The Labute approximate surface area is 169 Å². The molecule has 0 saturated heterocycles. The smallest absolute Gasteiger partial charge is 0.419 e. The molecule has 4 atom stereocenters. The third kappa shape index (κ3) is 2.67. The zero-order valence-electron chi connectivity index (χ0n) is 16.8. The zero-order valence-corrected chi connectivity index (χ0v) is 17.6. The highest BCUT2D eigenvalue weighted by atomic mass is 32.2. The molecule has 3 aliphatic rings. The Morgan fingerprint density at radius 1 is 1.43 bits per heavy atom. The summed E-state index contributed by atoms with van der Waals surface area (Å²) in [6, 6.07) is 0. The van der Waals surface area contributed by atoms with Crippen molar-refractivity contribution >= 4 is 23.8 Å². The first-order valence-electron chi connectivity index (χ1n) is 9.42. The molecular weight excluding hydrogens is 374 g/mol. The van der Waals surface area contributed by atoms with E-state index in [1.807, 2.05) is 20.2 Å². The Morgan fingerprint density at radius 2 is 2.18 bits per heavy atom. The molecule has 2 aliphatic carbocycles. The molecule has 1 aromatic rings. The van der Waals surface area contributed by atoms with Crippen molar-refractivity contribution in [1.82, 2.24) is 14.5 Å². The highest BCUT2D eigenvalue weighted by Gasteiger charge is 2.50. The molecule has 2 heterocycles. The molecule has 0 unspecified atom stereocenters. The number of hydrogen-bond acceptors (Lipinski definition) is 5. The van der Waals surface area contributed by atoms with Crippen molar-refractivity contribution in [3.63, 3.8) is 0 Å². The summed E-state index contributed by atoms with van der Waals surface area (Å²) in [6.45, 7) is 6.27. The normalized spacial score (nSPS) is 32.0. The summed E-state index contributed by atoms with van der Waals surface area (Å²) >= 11 is 1.68. The van der Waals surface area contributed by atoms with Crippen molar-refractivity contribution in [3.8, 4) is 0 Å². The molecule has 1 aliphatic heterocycles. The summed E-state index contributed by atoms with van der Waals surface area (Å²) in [7, 11) is 1.84. The van der Waals surface area contributed by atoms with Crippen molar-refractivity contribution in [1.29, 1.82) is 0 Å². The van der Waals surface area contributed by atoms with Crippen molar-refractivity contribution in [3.05, 3.63) is 53.3 Å². The number of rotatable bonds is 2. The van der Waals surface area contributed by atoms with Crippen molar-refractivity contribution in [2.75, 3.05) is 13.3 Å². The quantitative estimate of drug-likeness (QED) is 0.760. The molecule has 1 amide bonds. The summed E-state index contributed by atoms with van der Waals surface area (Å²) < 4.78 is 7.31. The number of hydrogen-bond donors (Lipinski definition) is 0. The molecule has 0 N–H and O–H groups in total. The average Bonchev–Trinajstić information content (AvgIpc) is 3.28. The topological polar surface area (TPSA) is 64.4 Å². The first-order valence-corrected chi connectivity index (χ1v) is 10.7. The maximum Gasteiger partial charge on any atom is 0.419 e. The molecule has 1 aromatic heterocycles. The van der Waals surface area contributed by atoms with Crippen molar-refractivity contribution in [2.45, 2.75) is 38.5 Å². The fourth-order valence-electron chi connectivity index (χ4n) is 4.57. The van der Waals surface area contributed by atoms with Gasteiger partial charge in [0.15, 0.2) is 0 Å². The van der Waals surface area contributed by atoms with Crippen LogP contribution in [0.1, 0.15) is 27.2 Å². The van der Waals surface area contributed by atoms with E-state index in [9.17, 15) is 9.59 Å². The molecule has 0 aromatic carbocycles. The Bertz CT molecular complexity index is 931. The Morgan fingerprint density at radius 3 is 2.82 bits per heavy atom. The fraction of sp³-hybridized carbons (Fsp3) is 0.476. The number of imidazole rings is 1. The number of thioether (sulfide) groups is 1. The average molecular weight is 400 g/mol. The number of carbonyl (C=O) groups excluding carboxylic acids is 2. The van der Waals surface area contributed by atoms with E-state index in [0.717, 1.165) is 23.3 Å². The Hall–Kier alpha value is -2.28. The Kier molecular flexibility index (Phi) is 4.53. The van der Waals surface area contributed by atoms with Crippen LogP contribution in [0.4, 0.5) is 4.79 Å². The minimum absolute atomic E-state index is 0.0523. The maximum absolute atomic E-state index is 12.6. The van der Waals surface area contributed by atoms with Crippen LogP contribution in [0.15, 0.2) is 53.3 Å². The molecule has 0 fully saturated rings. The lowest BCUT2D eigenvalue weighted by molar-refractivity contribution is -0.123. The molecule has 148 valence electrons. The van der Waals surface area contributed by atoms with Gasteiger partial charge >= 0.3 is 6.09 Å². The SMILES string of the molecule is CS[C@@H]1C=C2C=C3C(=C(C)C(=O)N3C)C[C@]2(C)[C@@H](C)[C@H]1OC(=O)n1ccnc1. The number of nitrogens with zero attached hydrogens (tertiary/aromatic N) is 3. The molecule has 28 heavy (non-hydrogen) atoms. The van der Waals surface area contributed by atoms with Crippen molar-refractivity contribution in [2.24, 2.45) is 11.3 Å². The second-order valence-electron chi connectivity index (χ2n) is 8.02. The molecular formula is C21H25N3O3S. The molecule has 0 spiro atoms. The first kappa shape index (κ1) is 19.1. The van der Waals surface area contributed by atoms with Gasteiger partial charge in [0.2, 0.25) is 0 Å². The van der Waals surface area contributed by atoms with Gasteiger partial charge in [0.05, 0.1) is 5.25 Å². The number of fused-ring (bicyclic) bond motifs is 2. The van der Waals surface area contributed by atoms with Crippen LogP contribution in [0.25, 0.3) is 0 Å². The van der Waals surface area contributed by atoms with Crippen LogP contribution in [0.2, 0.25) is 0 Å². The van der Waals surface area contributed by atoms with Crippen LogP contribution in [-0.2, 0) is 9.53 Å². The second kappa shape index (κ2) is 6.65. The zero-order chi connectivity index (χ0) is 20.2. The standard InChI is InChI=1S/C21H25N3O3S/c1-12-15-10-21(3)13(2)18(27-20(26)24-7-6-22-11-24)17(28-5)9-14(21)8-16(15)23(4)19(12)25/h6-9,11,13,17-18H,10H2,1-5H3/t13-,17+,18+,21+/m0/s1. The van der Waals surface area contributed by atoms with Crippen LogP contribution in [0.3, 0.4) is 0 Å². The molecule has 0 radical (unpaired) electrons. The Balaban J connectivity index is 1.72. The highest BCUT2D eigenvalue weighted by molar-refractivity contribution is 7.99. The van der Waals surface area contributed by atoms with Crippen LogP contribution < -0.4 is 0 Å². The lowest BCUT2D eigenvalue weighted by Crippen LogP contribution is -2.48. The number of carbonyl (C=O) groups is 2. The van der Waals surface area contributed by atoms with E-state index >= 15 is 0 Å². The van der Waals surface area contributed by atoms with E-state index in [0.29, 0.717) is 0 Å². The predicted molar refractivity (Wildman–Crippen MR) is 109 cm³/mol. The van der Waals surface area contributed by atoms with Crippen LogP contribution in [-0.4, -0.2) is 51.1 Å². The number of aromatic nitrogens is 2. The monoisotopic (exact) mass is 399 g/mol. The van der Waals surface area contributed by atoms with Crippen LogP contribution >= 0.6 is 11.8 Å². The van der Waals surface area contributed by atoms with Crippen LogP contribution in [0, 0.1) is 11.3 Å². The van der Waals surface area contributed by atoms with Gasteiger partial charge in [-0.05, 0) is 36.8 Å². The van der Waals surface area contributed by atoms with Gasteiger partial charge in [-0.2, -0.15) is 11.8 Å². The minimum Gasteiger partial charge on any atom is -0.444 e. The fourth-order valence-corrected chi connectivity index (χ4v) is 5.41. The summed E-state index contributed by atoms with van der Waals surface area (Å²) in [4.78, 5) is 30.7. The number of amides is 1. The minimum atomic E-state index is -0.410. The molecule has 7 heteroatoms. The van der Waals surface area contributed by atoms with Gasteiger partial charge in [-0.25, -0.2) is 14.3 Å². The lowest BCUT2D eigenvalue weighted by atomic mass is 9.60. The molecule has 6 nitrogen and oxygen atoms in total. The van der Waals surface area contributed by atoms with Gasteiger partial charge in [0.25, 0.3) is 5.91 Å². The van der Waals surface area contributed by atoms with Gasteiger partial charge in [-0.3, -0.25) is 4.79 Å². The van der Waals surface area contributed by atoms with E-state index in [1.165, 1.54) is 16.5 Å². The predicted octanol–water partition coefficient (Wildman–Crippen LogP) is 3.63. The van der Waals surface area contributed by atoms with Gasteiger partial charge < -0.3 is 9.64 Å². The number of allylic oxidation sites excluding steroid dienone is 3. The number of ether oxygens (including phenoxy) is 1. The summed E-state index contributed by atoms with van der Waals surface area (Å²) in [5, 5.41) is 0.0523. The van der Waals surface area contributed by atoms with E-state index in [-0.39, 0.29) is 28.6 Å². The third-order valence-corrected chi connectivity index (χ3v) is 7.58. The molecule has 0 bridgehead atoms. The summed E-state index contributed by atoms with van der Waals surface area (Å²) in [5.41, 5.74) is 3.97. The van der Waals surface area contributed by atoms with Gasteiger partial charge in [-0.1, -0.05) is 19.9 Å². The van der Waals surface area contributed by atoms with Gasteiger partial charge in [0.1, 0.15) is 12.4 Å². The first-order chi connectivity index (χ1) is 13.3. The summed E-state index contributed by atoms with van der Waals surface area (Å²) in [5.74, 6) is 0.165. The van der Waals surface area contributed by atoms with E-state index in [2.05, 4.69) is 31.0 Å². The largest absolute Gasteiger partial charge is 0.444 e. The van der Waals surface area contributed by atoms with Crippen LogP contribution in [0.5, 0.6) is 0 Å². The second-order valence-corrected chi connectivity index (χ2v) is 9.04. The molecule has 4 rings (SSSR count). The van der Waals surface area contributed by atoms with E-state index in [1.54, 1.807) is 29.1 Å². The number of likely N-dealkylation sites (N-methyl/N-ethyl adjacent to an activating group) is 1. The van der Waals surface area contributed by atoms with E-state index < -0.39 is 6.09 Å². The highest BCUT2D eigenvalue weighted by Crippen LogP contribution is 2.55. The van der Waals surface area contributed by atoms with Crippen molar-refractivity contribution < 1.29 is 14.3 Å². The van der Waals surface area contributed by atoms with E-state index in [4.69, 9.17) is 4.74 Å². The molecule has 0 saturated carbocycles. The summed E-state index contributed by atoms with van der Waals surface area (Å²) in [6.07, 6.45) is 11.1. The third-order valence-electron chi connectivity index (χ3n) is 6.63. The van der Waals surface area contributed by atoms with Gasteiger partial charge in [-0.15, -0.1) is 0 Å². The maximum atomic E-state index is 12.6.